The lowest BCUT2D eigenvalue weighted by molar-refractivity contribution is -0.120. The fourth-order valence-corrected chi connectivity index (χ4v) is 3.69. The summed E-state index contributed by atoms with van der Waals surface area (Å²) in [6.07, 6.45) is 6.03. The van der Waals surface area contributed by atoms with E-state index in [9.17, 15) is 4.79 Å². The average Bonchev–Trinajstić information content (AvgIpc) is 3.21. The topological polar surface area (TPSA) is 90.5 Å². The van der Waals surface area contributed by atoms with Gasteiger partial charge in [-0.2, -0.15) is 4.68 Å². The van der Waals surface area contributed by atoms with Crippen molar-refractivity contribution in [3.05, 3.63) is 48.0 Å². The van der Waals surface area contributed by atoms with E-state index < -0.39 is 0 Å². The summed E-state index contributed by atoms with van der Waals surface area (Å²) in [5.74, 6) is -0.0534. The molecule has 0 radical (unpaired) electrons. The van der Waals surface area contributed by atoms with Gasteiger partial charge >= 0.3 is 0 Å². The van der Waals surface area contributed by atoms with E-state index in [0.29, 0.717) is 17.7 Å². The van der Waals surface area contributed by atoms with Crippen LogP contribution in [0.2, 0.25) is 0 Å². The van der Waals surface area contributed by atoms with Crippen molar-refractivity contribution in [2.45, 2.75) is 49.7 Å². The molecule has 140 valence electrons. The van der Waals surface area contributed by atoms with Crippen molar-refractivity contribution in [1.82, 2.24) is 35.1 Å². The zero-order valence-electron chi connectivity index (χ0n) is 15.2. The molecule has 1 aliphatic rings. The lowest BCUT2D eigenvalue weighted by Gasteiger charge is -2.13. The van der Waals surface area contributed by atoms with Crippen molar-refractivity contribution in [3.63, 3.8) is 0 Å². The SMILES string of the molecule is Cc1cccc(-n2nnnc2SC(C)C(=O)NCc2cncn2C2CC2)c1. The minimum Gasteiger partial charge on any atom is -0.350 e. The predicted octanol–water partition coefficient (Wildman–Crippen LogP) is 2.30. The number of aromatic nitrogens is 6. The molecule has 3 aromatic rings. The summed E-state index contributed by atoms with van der Waals surface area (Å²) in [5, 5.41) is 15.1. The summed E-state index contributed by atoms with van der Waals surface area (Å²) in [4.78, 5) is 16.7. The van der Waals surface area contributed by atoms with E-state index in [-0.39, 0.29) is 11.2 Å². The highest BCUT2D eigenvalue weighted by molar-refractivity contribution is 8.00. The van der Waals surface area contributed by atoms with Crippen LogP contribution in [-0.2, 0) is 11.3 Å². The molecule has 27 heavy (non-hydrogen) atoms. The van der Waals surface area contributed by atoms with Crippen LogP contribution in [0.3, 0.4) is 0 Å². The number of hydrogen-bond acceptors (Lipinski definition) is 6. The lowest BCUT2D eigenvalue weighted by Crippen LogP contribution is -2.31. The van der Waals surface area contributed by atoms with Gasteiger partial charge in [0.2, 0.25) is 11.1 Å². The average molecular weight is 383 g/mol. The van der Waals surface area contributed by atoms with Crippen molar-refractivity contribution in [3.8, 4) is 5.69 Å². The number of tetrazole rings is 1. The summed E-state index contributed by atoms with van der Waals surface area (Å²) < 4.78 is 3.81. The Kier molecular flexibility index (Phi) is 4.93. The Labute approximate surface area is 161 Å². The number of rotatable bonds is 7. The van der Waals surface area contributed by atoms with E-state index in [1.807, 2.05) is 50.6 Å². The first kappa shape index (κ1) is 17.7. The summed E-state index contributed by atoms with van der Waals surface area (Å²) >= 11 is 1.34. The quantitative estimate of drug-likeness (QED) is 0.630. The van der Waals surface area contributed by atoms with Crippen LogP contribution < -0.4 is 5.32 Å². The van der Waals surface area contributed by atoms with Gasteiger partial charge in [0.15, 0.2) is 0 Å². The zero-order chi connectivity index (χ0) is 18.8. The number of nitrogens with zero attached hydrogens (tertiary/aromatic N) is 6. The Morgan fingerprint density at radius 3 is 3.04 bits per heavy atom. The minimum absolute atomic E-state index is 0.0534. The van der Waals surface area contributed by atoms with Crippen LogP contribution in [0.25, 0.3) is 5.69 Å². The molecule has 4 rings (SSSR count). The number of hydrogen-bond donors (Lipinski definition) is 1. The number of carbonyl (C=O) groups excluding carboxylic acids is 1. The fourth-order valence-electron chi connectivity index (χ4n) is 2.86. The molecule has 1 unspecified atom stereocenters. The van der Waals surface area contributed by atoms with Crippen LogP contribution in [0.15, 0.2) is 41.9 Å². The second-order valence-corrected chi connectivity index (χ2v) is 8.02. The van der Waals surface area contributed by atoms with Crippen LogP contribution >= 0.6 is 11.8 Å². The molecule has 2 aromatic heterocycles. The Bertz CT molecular complexity index is 947. The standard InChI is InChI=1S/C18H21N7OS/c1-12-4-3-5-15(8-12)25-18(21-22-23-25)27-13(2)17(26)20-10-16-9-19-11-24(16)14-6-7-14/h3-5,8-9,11,13-14H,6-7,10H2,1-2H3,(H,20,26). The molecule has 9 heteroatoms. The van der Waals surface area contributed by atoms with Gasteiger partial charge in [0.1, 0.15) is 0 Å². The maximum absolute atomic E-state index is 12.5. The van der Waals surface area contributed by atoms with E-state index in [2.05, 4.69) is 30.4 Å². The van der Waals surface area contributed by atoms with Crippen molar-refractivity contribution < 1.29 is 4.79 Å². The summed E-state index contributed by atoms with van der Waals surface area (Å²) in [5.41, 5.74) is 3.04. The number of imidazole rings is 1. The van der Waals surface area contributed by atoms with Crippen LogP contribution in [0.5, 0.6) is 0 Å². The monoisotopic (exact) mass is 383 g/mol. The van der Waals surface area contributed by atoms with E-state index in [1.54, 1.807) is 4.68 Å². The first-order valence-electron chi connectivity index (χ1n) is 8.92. The molecule has 0 bridgehead atoms. The van der Waals surface area contributed by atoms with Gasteiger partial charge in [-0.15, -0.1) is 5.10 Å². The number of benzene rings is 1. The van der Waals surface area contributed by atoms with E-state index in [1.165, 1.54) is 24.6 Å². The normalized spacial score (nSPS) is 14.9. The molecular weight excluding hydrogens is 362 g/mol. The predicted molar refractivity (Wildman–Crippen MR) is 102 cm³/mol. The zero-order valence-corrected chi connectivity index (χ0v) is 16.1. The van der Waals surface area contributed by atoms with E-state index in [0.717, 1.165) is 16.9 Å². The van der Waals surface area contributed by atoms with Crippen LogP contribution in [0, 0.1) is 6.92 Å². The number of nitrogens with one attached hydrogen (secondary N) is 1. The van der Waals surface area contributed by atoms with E-state index in [4.69, 9.17) is 0 Å². The third-order valence-electron chi connectivity index (χ3n) is 4.47. The van der Waals surface area contributed by atoms with Crippen LogP contribution in [0.1, 0.15) is 37.1 Å². The summed E-state index contributed by atoms with van der Waals surface area (Å²) in [6.45, 7) is 4.35. The van der Waals surface area contributed by atoms with Crippen LogP contribution in [0.4, 0.5) is 0 Å². The first-order valence-corrected chi connectivity index (χ1v) is 9.80. The van der Waals surface area contributed by atoms with Gasteiger partial charge in [-0.3, -0.25) is 4.79 Å². The van der Waals surface area contributed by atoms with Gasteiger partial charge < -0.3 is 9.88 Å². The Hall–Kier alpha value is -2.68. The van der Waals surface area contributed by atoms with Crippen LogP contribution in [-0.4, -0.2) is 40.9 Å². The third-order valence-corrected chi connectivity index (χ3v) is 5.50. The number of amides is 1. The molecule has 8 nitrogen and oxygen atoms in total. The lowest BCUT2D eigenvalue weighted by atomic mass is 10.2. The second-order valence-electron chi connectivity index (χ2n) is 6.71. The van der Waals surface area contributed by atoms with Gasteiger partial charge in [0, 0.05) is 12.2 Å². The highest BCUT2D eigenvalue weighted by atomic mass is 32.2. The van der Waals surface area contributed by atoms with Gasteiger partial charge in [0.25, 0.3) is 0 Å². The summed E-state index contributed by atoms with van der Waals surface area (Å²) in [6, 6.07) is 8.47. The molecule has 2 heterocycles. The number of aryl methyl sites for hydroxylation is 1. The molecular formula is C18H21N7OS. The largest absolute Gasteiger partial charge is 0.350 e. The Morgan fingerprint density at radius 2 is 2.26 bits per heavy atom. The maximum atomic E-state index is 12.5. The Balaban J connectivity index is 1.39. The van der Waals surface area contributed by atoms with Crippen molar-refractivity contribution in [2.24, 2.45) is 0 Å². The second kappa shape index (κ2) is 7.51. The van der Waals surface area contributed by atoms with Gasteiger partial charge in [-0.1, -0.05) is 23.9 Å². The number of carbonyl (C=O) groups is 1. The summed E-state index contributed by atoms with van der Waals surface area (Å²) in [7, 11) is 0. The molecule has 0 spiro atoms. The fraction of sp³-hybridized carbons (Fsp3) is 0.389. The molecule has 1 N–H and O–H groups in total. The molecule has 0 aliphatic heterocycles. The molecule has 0 saturated heterocycles. The van der Waals surface area contributed by atoms with Crippen molar-refractivity contribution in [2.75, 3.05) is 0 Å². The maximum Gasteiger partial charge on any atom is 0.233 e. The first-order chi connectivity index (χ1) is 13.1. The van der Waals surface area contributed by atoms with Crippen molar-refractivity contribution >= 4 is 17.7 Å². The number of thioether (sulfide) groups is 1. The highest BCUT2D eigenvalue weighted by Gasteiger charge is 2.25. The molecule has 1 amide bonds. The van der Waals surface area contributed by atoms with Gasteiger partial charge in [-0.25, -0.2) is 4.98 Å². The Morgan fingerprint density at radius 1 is 1.41 bits per heavy atom. The molecule has 1 atom stereocenters. The smallest absolute Gasteiger partial charge is 0.233 e. The molecule has 1 saturated carbocycles. The van der Waals surface area contributed by atoms with Gasteiger partial charge in [0.05, 0.1) is 29.5 Å². The molecule has 1 aliphatic carbocycles. The van der Waals surface area contributed by atoms with E-state index >= 15 is 0 Å². The minimum atomic E-state index is -0.322. The van der Waals surface area contributed by atoms with Crippen molar-refractivity contribution in [1.29, 1.82) is 0 Å². The molecule has 1 aromatic carbocycles. The highest BCUT2D eigenvalue weighted by Crippen LogP contribution is 2.35. The third kappa shape index (κ3) is 4.02. The van der Waals surface area contributed by atoms with Gasteiger partial charge in [-0.05, 0) is 54.8 Å². The molecule has 1 fully saturated rings.